The number of phenols is 2. The number of ketones is 2. The second-order valence-corrected chi connectivity index (χ2v) is 12.4. The van der Waals surface area contributed by atoms with Gasteiger partial charge in [0.05, 0.1) is 6.04 Å². The Morgan fingerprint density at radius 1 is 0.955 bits per heavy atom. The molecule has 0 spiro atoms. The maximum atomic E-state index is 14.1. The van der Waals surface area contributed by atoms with Crippen LogP contribution >= 0.6 is 0 Å². The molecule has 2 unspecified atom stereocenters. The van der Waals surface area contributed by atoms with Crippen molar-refractivity contribution in [3.63, 3.8) is 0 Å². The average molecular weight is 611 g/mol. The molecular weight excluding hydrogens is 572 g/mol. The number of nitrogens with zero attached hydrogens (tertiary/aromatic N) is 2. The number of likely N-dealkylation sites (N-methyl/N-ethyl adjacent to an activating group) is 2. The van der Waals surface area contributed by atoms with E-state index in [1.54, 1.807) is 20.2 Å². The second kappa shape index (κ2) is 11.1. The van der Waals surface area contributed by atoms with Crippen LogP contribution < -0.4 is 11.1 Å². The van der Waals surface area contributed by atoms with E-state index < -0.39 is 64.0 Å². The third-order valence-corrected chi connectivity index (χ3v) is 9.41. The first-order valence-corrected chi connectivity index (χ1v) is 14.3. The fourth-order valence-electron chi connectivity index (χ4n) is 7.37. The number of primary amides is 1. The zero-order chi connectivity index (χ0) is 32.4. The van der Waals surface area contributed by atoms with Gasteiger partial charge < -0.3 is 46.6 Å². The van der Waals surface area contributed by atoms with Crippen LogP contribution in [0.25, 0.3) is 0 Å². The zero-order valence-corrected chi connectivity index (χ0v) is 24.9. The third kappa shape index (κ3) is 4.67. The quantitative estimate of drug-likeness (QED) is 0.156. The number of carbonyl (C=O) groups excluding carboxylic acids is 3. The lowest BCUT2D eigenvalue weighted by molar-refractivity contribution is -0.154. The summed E-state index contributed by atoms with van der Waals surface area (Å²) in [5.41, 5.74) is 2.91. The molecule has 6 atom stereocenters. The lowest BCUT2D eigenvalue weighted by Crippen LogP contribution is -2.66. The second-order valence-electron chi connectivity index (χ2n) is 12.4. The van der Waals surface area contributed by atoms with Crippen molar-refractivity contribution in [2.75, 3.05) is 34.7 Å². The van der Waals surface area contributed by atoms with Crippen LogP contribution in [0, 0.1) is 17.8 Å². The summed E-state index contributed by atoms with van der Waals surface area (Å²) in [6, 6.07) is 2.96. The molecule has 0 aliphatic heterocycles. The van der Waals surface area contributed by atoms with E-state index in [2.05, 4.69) is 5.32 Å². The number of Topliss-reactive ketones (excluding diaryl/α,β-unsaturated/α-hetero) is 2. The van der Waals surface area contributed by atoms with Crippen molar-refractivity contribution in [3.05, 3.63) is 69.4 Å². The minimum absolute atomic E-state index is 0.0363. The molecule has 236 valence electrons. The molecule has 0 radical (unpaired) electrons. The molecule has 4 aliphatic carbocycles. The molecule has 44 heavy (non-hydrogen) atoms. The first-order chi connectivity index (χ1) is 20.6. The highest BCUT2D eigenvalue weighted by Crippen LogP contribution is 2.54. The van der Waals surface area contributed by atoms with Gasteiger partial charge in [-0.15, -0.1) is 0 Å². The van der Waals surface area contributed by atoms with Gasteiger partial charge in [0.25, 0.3) is 5.91 Å². The van der Waals surface area contributed by atoms with Crippen LogP contribution in [0.3, 0.4) is 0 Å². The number of carbonyl (C=O) groups is 3. The lowest BCUT2D eigenvalue weighted by Gasteiger charge is -2.52. The summed E-state index contributed by atoms with van der Waals surface area (Å²) in [6.45, 7) is 0.434. The minimum atomic E-state index is -2.69. The van der Waals surface area contributed by atoms with Crippen LogP contribution in [0.1, 0.15) is 18.4 Å². The number of aliphatic hydroxyl groups excluding tert-OH is 3. The molecule has 0 aromatic heterocycles. The van der Waals surface area contributed by atoms with Gasteiger partial charge in [-0.05, 0) is 64.6 Å². The number of fused-ring (bicyclic) bond motifs is 3. The molecule has 1 aromatic rings. The van der Waals surface area contributed by atoms with Gasteiger partial charge >= 0.3 is 0 Å². The minimum Gasteiger partial charge on any atom is -0.508 e. The first-order valence-electron chi connectivity index (χ1n) is 14.3. The van der Waals surface area contributed by atoms with Gasteiger partial charge in [-0.1, -0.05) is 12.1 Å². The van der Waals surface area contributed by atoms with E-state index in [1.807, 2.05) is 25.1 Å². The molecular formula is C31H38N4O9. The van der Waals surface area contributed by atoms with Crippen molar-refractivity contribution < 1.29 is 45.0 Å². The van der Waals surface area contributed by atoms with Crippen molar-refractivity contribution in [2.24, 2.45) is 23.5 Å². The summed E-state index contributed by atoms with van der Waals surface area (Å²) >= 11 is 0. The fourth-order valence-corrected chi connectivity index (χ4v) is 7.37. The maximum absolute atomic E-state index is 14.1. The maximum Gasteiger partial charge on any atom is 0.255 e. The fraction of sp³-hybridized carbons (Fsp3) is 0.452. The van der Waals surface area contributed by atoms with Gasteiger partial charge in [-0.3, -0.25) is 19.3 Å². The Labute approximate surface area is 253 Å². The number of hydrogen-bond donors (Lipinski definition) is 8. The molecule has 4 aliphatic rings. The van der Waals surface area contributed by atoms with E-state index in [-0.39, 0.29) is 54.0 Å². The van der Waals surface area contributed by atoms with Crippen molar-refractivity contribution >= 4 is 17.5 Å². The van der Waals surface area contributed by atoms with E-state index in [0.29, 0.717) is 17.6 Å². The predicted molar refractivity (Wildman–Crippen MR) is 157 cm³/mol. The molecule has 1 saturated carbocycles. The van der Waals surface area contributed by atoms with Crippen molar-refractivity contribution in [3.8, 4) is 11.5 Å². The monoisotopic (exact) mass is 610 g/mol. The number of amides is 1. The van der Waals surface area contributed by atoms with Crippen LogP contribution in [0.15, 0.2) is 63.8 Å². The number of phenolic OH excluding ortho intramolecular Hbond substituents is 2. The summed E-state index contributed by atoms with van der Waals surface area (Å²) in [5.74, 6) is -7.69. The van der Waals surface area contributed by atoms with Gasteiger partial charge in [-0.25, -0.2) is 0 Å². The molecule has 9 N–H and O–H groups in total. The van der Waals surface area contributed by atoms with E-state index in [4.69, 9.17) is 5.73 Å². The largest absolute Gasteiger partial charge is 0.508 e. The standard InChI is InChI=1S/C31H38N4O9/c1-34(2)18-10-15(12-33-11-13-5-6-19(36)20(37)7-13)25(38)22-16(18)8-14-9-17-24(35(3)4)27(40)23(30(32)43)29(42)31(17,44)28(41)21(14)26(22)39/h5-7,10,14,16-18,24,33,36-39,42,44H,8-9,11-12H2,1-4H3,(H2,32,43)/t14-,16?,17-,18?,24-,31-/m0/s1. The number of rotatable bonds is 7. The first kappa shape index (κ1) is 31.3. The van der Waals surface area contributed by atoms with Crippen LogP contribution in [-0.4, -0.2) is 110 Å². The summed E-state index contributed by atoms with van der Waals surface area (Å²) < 4.78 is 0. The van der Waals surface area contributed by atoms with Crippen molar-refractivity contribution in [1.29, 1.82) is 0 Å². The summed E-state index contributed by atoms with van der Waals surface area (Å²) in [6.07, 6.45) is 2.21. The number of allylic oxidation sites excluding steroid dienone is 1. The van der Waals surface area contributed by atoms with Gasteiger partial charge in [0.15, 0.2) is 22.9 Å². The summed E-state index contributed by atoms with van der Waals surface area (Å²) in [7, 11) is 6.82. The average Bonchev–Trinajstić information content (AvgIpc) is 2.93. The van der Waals surface area contributed by atoms with Gasteiger partial charge in [0.2, 0.25) is 5.78 Å². The van der Waals surface area contributed by atoms with Gasteiger partial charge in [0.1, 0.15) is 22.9 Å². The molecule has 1 fully saturated rings. The Bertz CT molecular complexity index is 1570. The van der Waals surface area contributed by atoms with E-state index >= 15 is 0 Å². The molecule has 5 rings (SSSR count). The Kier molecular flexibility index (Phi) is 7.87. The van der Waals surface area contributed by atoms with Crippen LogP contribution in [0.2, 0.25) is 0 Å². The normalized spacial score (nSPS) is 30.4. The number of nitrogens with one attached hydrogen (secondary N) is 1. The topological polar surface area (TPSA) is 217 Å². The Morgan fingerprint density at radius 2 is 1.64 bits per heavy atom. The number of aliphatic hydroxyl groups is 4. The van der Waals surface area contributed by atoms with Gasteiger partial charge in [0, 0.05) is 47.7 Å². The van der Waals surface area contributed by atoms with E-state index in [9.17, 15) is 45.0 Å². The number of nitrogens with two attached hydrogens (primary N) is 1. The van der Waals surface area contributed by atoms with Crippen LogP contribution in [-0.2, 0) is 20.9 Å². The van der Waals surface area contributed by atoms with Crippen LogP contribution in [0.4, 0.5) is 0 Å². The van der Waals surface area contributed by atoms with Crippen molar-refractivity contribution in [1.82, 2.24) is 15.1 Å². The highest BCUT2D eigenvalue weighted by molar-refractivity contribution is 6.24. The Hall–Kier alpha value is -4.17. The predicted octanol–water partition coefficient (Wildman–Crippen LogP) is 0.448. The molecule has 0 saturated heterocycles. The smallest absolute Gasteiger partial charge is 0.255 e. The number of hydrogen-bond acceptors (Lipinski definition) is 12. The highest BCUT2D eigenvalue weighted by Gasteiger charge is 2.64. The van der Waals surface area contributed by atoms with Crippen molar-refractivity contribution in [2.45, 2.75) is 37.1 Å². The summed E-state index contributed by atoms with van der Waals surface area (Å²) in [4.78, 5) is 43.0. The molecule has 1 amide bonds. The Morgan fingerprint density at radius 3 is 2.23 bits per heavy atom. The number of benzene rings is 1. The molecule has 1 aromatic carbocycles. The van der Waals surface area contributed by atoms with Crippen LogP contribution in [0.5, 0.6) is 11.5 Å². The zero-order valence-electron chi connectivity index (χ0n) is 24.9. The molecule has 13 nitrogen and oxygen atoms in total. The van der Waals surface area contributed by atoms with E-state index in [0.717, 1.165) is 0 Å². The lowest BCUT2D eigenvalue weighted by atomic mass is 9.55. The van der Waals surface area contributed by atoms with Gasteiger partial charge in [-0.2, -0.15) is 0 Å². The highest BCUT2D eigenvalue weighted by atomic mass is 16.3. The number of aromatic hydroxyl groups is 2. The third-order valence-electron chi connectivity index (χ3n) is 9.41. The molecule has 13 heteroatoms. The SMILES string of the molecule is CN(C)C1C=C(CNCc2ccc(O)c(O)c2)C(O)=C2C(O)=C3C(=O)[C@]4(O)C(O)=C(C(N)=O)C(=O)[C@@H](N(C)C)[C@@H]4C[C@@H]3CC21. The Balaban J connectivity index is 1.56. The van der Waals surface area contributed by atoms with E-state index in [1.165, 1.54) is 17.0 Å². The molecule has 0 bridgehead atoms. The molecule has 0 heterocycles. The summed E-state index contributed by atoms with van der Waals surface area (Å²) in [5, 5.41) is 68.5.